The maximum Gasteiger partial charge on any atom is 0.249 e. The average Bonchev–Trinajstić information content (AvgIpc) is 3.26. The van der Waals surface area contributed by atoms with E-state index in [1.165, 1.54) is 24.6 Å². The standard InChI is InChI=1S/C27H32N2O2/c1-28(23-9-8-21-5-2-3-6-22(21)14-23)25(30)24-7-4-10-29(24)26(31)27-15-18-11-19(16-27)13-20(12-18)17-27/h2-3,5-6,8-9,14,18-20,24H,4,7,10-13,15-17H2,1H3. The molecule has 2 aromatic rings. The molecule has 4 heteroatoms. The molecule has 0 aromatic heterocycles. The molecule has 0 N–H and O–H groups in total. The highest BCUT2D eigenvalue weighted by molar-refractivity contribution is 6.01. The lowest BCUT2D eigenvalue weighted by molar-refractivity contribution is -0.160. The van der Waals surface area contributed by atoms with Crippen molar-refractivity contribution in [1.82, 2.24) is 4.90 Å². The van der Waals surface area contributed by atoms with Gasteiger partial charge in [0.25, 0.3) is 0 Å². The van der Waals surface area contributed by atoms with E-state index in [1.54, 1.807) is 4.90 Å². The molecule has 7 rings (SSSR count). The third kappa shape index (κ3) is 3.09. The molecule has 5 fully saturated rings. The van der Waals surface area contributed by atoms with E-state index in [4.69, 9.17) is 0 Å². The minimum atomic E-state index is -0.308. The van der Waals surface area contributed by atoms with Crippen LogP contribution in [0.2, 0.25) is 0 Å². The minimum Gasteiger partial charge on any atom is -0.330 e. The Kier molecular flexibility index (Phi) is 4.42. The number of likely N-dealkylation sites (tertiary alicyclic amines) is 1. The molecule has 1 heterocycles. The van der Waals surface area contributed by atoms with Crippen molar-refractivity contribution < 1.29 is 9.59 Å². The normalized spacial score (nSPS) is 33.8. The predicted molar refractivity (Wildman–Crippen MR) is 123 cm³/mol. The van der Waals surface area contributed by atoms with Crippen LogP contribution in [-0.2, 0) is 9.59 Å². The number of amides is 2. The van der Waals surface area contributed by atoms with Gasteiger partial charge in [0.2, 0.25) is 11.8 Å². The molecule has 2 aromatic carbocycles. The van der Waals surface area contributed by atoms with Crippen LogP contribution in [0.25, 0.3) is 10.8 Å². The van der Waals surface area contributed by atoms with E-state index in [0.717, 1.165) is 67.5 Å². The summed E-state index contributed by atoms with van der Waals surface area (Å²) in [6, 6.07) is 14.1. The molecule has 4 saturated carbocycles. The number of likely N-dealkylation sites (N-methyl/N-ethyl adjacent to an activating group) is 1. The number of carbonyl (C=O) groups is 2. The number of anilines is 1. The number of carbonyl (C=O) groups excluding carboxylic acids is 2. The molecular formula is C27H32N2O2. The van der Waals surface area contributed by atoms with Gasteiger partial charge in [-0.2, -0.15) is 0 Å². The topological polar surface area (TPSA) is 40.6 Å². The first-order valence-corrected chi connectivity index (χ1v) is 12.1. The fourth-order valence-electron chi connectivity index (χ4n) is 7.68. The summed E-state index contributed by atoms with van der Waals surface area (Å²) in [4.78, 5) is 31.2. The van der Waals surface area contributed by atoms with Gasteiger partial charge in [-0.25, -0.2) is 0 Å². The van der Waals surface area contributed by atoms with Crippen LogP contribution in [0.1, 0.15) is 51.4 Å². The van der Waals surface area contributed by atoms with Crippen LogP contribution in [0.3, 0.4) is 0 Å². The Morgan fingerprint density at radius 1 is 0.935 bits per heavy atom. The zero-order chi connectivity index (χ0) is 21.2. The van der Waals surface area contributed by atoms with E-state index in [-0.39, 0.29) is 17.4 Å². The van der Waals surface area contributed by atoms with Crippen LogP contribution < -0.4 is 4.90 Å². The van der Waals surface area contributed by atoms with E-state index in [0.29, 0.717) is 5.91 Å². The van der Waals surface area contributed by atoms with E-state index in [1.807, 2.05) is 30.1 Å². The van der Waals surface area contributed by atoms with Crippen molar-refractivity contribution in [1.29, 1.82) is 0 Å². The van der Waals surface area contributed by atoms with Crippen molar-refractivity contribution in [3.8, 4) is 0 Å². The number of rotatable bonds is 3. The molecule has 2 amide bonds. The summed E-state index contributed by atoms with van der Waals surface area (Å²) in [5.41, 5.74) is 0.733. The molecule has 0 radical (unpaired) electrons. The van der Waals surface area contributed by atoms with Crippen molar-refractivity contribution in [2.24, 2.45) is 23.2 Å². The highest BCUT2D eigenvalue weighted by atomic mass is 16.2. The first kappa shape index (κ1) is 19.3. The van der Waals surface area contributed by atoms with Crippen molar-refractivity contribution in [3.05, 3.63) is 42.5 Å². The van der Waals surface area contributed by atoms with Crippen molar-refractivity contribution in [2.75, 3.05) is 18.5 Å². The molecule has 1 saturated heterocycles. The van der Waals surface area contributed by atoms with Gasteiger partial charge >= 0.3 is 0 Å². The van der Waals surface area contributed by atoms with Crippen LogP contribution in [-0.4, -0.2) is 36.3 Å². The first-order chi connectivity index (χ1) is 15.0. The molecule has 5 aliphatic rings. The largest absolute Gasteiger partial charge is 0.330 e. The first-order valence-electron chi connectivity index (χ1n) is 12.1. The number of hydrogen-bond donors (Lipinski definition) is 0. The summed E-state index contributed by atoms with van der Waals surface area (Å²) in [7, 11) is 1.86. The van der Waals surface area contributed by atoms with Gasteiger partial charge in [-0.1, -0.05) is 30.3 Å². The molecule has 1 unspecified atom stereocenters. The molecule has 1 aliphatic heterocycles. The summed E-state index contributed by atoms with van der Waals surface area (Å²) in [6.45, 7) is 0.739. The van der Waals surface area contributed by atoms with E-state index >= 15 is 0 Å². The maximum atomic E-state index is 13.9. The summed E-state index contributed by atoms with van der Waals surface area (Å²) in [5.74, 6) is 2.59. The average molecular weight is 417 g/mol. The molecule has 0 spiro atoms. The van der Waals surface area contributed by atoms with Crippen LogP contribution >= 0.6 is 0 Å². The zero-order valence-electron chi connectivity index (χ0n) is 18.4. The summed E-state index contributed by atoms with van der Waals surface area (Å²) < 4.78 is 0. The number of benzene rings is 2. The summed E-state index contributed by atoms with van der Waals surface area (Å²) >= 11 is 0. The highest BCUT2D eigenvalue weighted by Crippen LogP contribution is 2.60. The van der Waals surface area contributed by atoms with Gasteiger partial charge in [-0.15, -0.1) is 0 Å². The van der Waals surface area contributed by atoms with Gasteiger partial charge in [0, 0.05) is 19.3 Å². The Balaban J connectivity index is 1.24. The molecule has 1 atom stereocenters. The third-order valence-corrected chi connectivity index (χ3v) is 8.74. The highest BCUT2D eigenvalue weighted by Gasteiger charge is 2.57. The second kappa shape index (κ2) is 7.08. The lowest BCUT2D eigenvalue weighted by Gasteiger charge is -2.56. The second-order valence-corrected chi connectivity index (χ2v) is 10.8. The van der Waals surface area contributed by atoms with Crippen LogP contribution in [0.4, 0.5) is 5.69 Å². The Labute approximate surface area is 184 Å². The molecule has 162 valence electrons. The van der Waals surface area contributed by atoms with Gasteiger partial charge < -0.3 is 9.80 Å². The molecule has 4 bridgehead atoms. The third-order valence-electron chi connectivity index (χ3n) is 8.74. The van der Waals surface area contributed by atoms with Crippen LogP contribution in [0.15, 0.2) is 42.5 Å². The van der Waals surface area contributed by atoms with Crippen LogP contribution in [0.5, 0.6) is 0 Å². The van der Waals surface area contributed by atoms with Gasteiger partial charge in [0.05, 0.1) is 5.41 Å². The maximum absolute atomic E-state index is 13.9. The second-order valence-electron chi connectivity index (χ2n) is 10.8. The van der Waals surface area contributed by atoms with Gasteiger partial charge in [-0.3, -0.25) is 9.59 Å². The van der Waals surface area contributed by atoms with E-state index < -0.39 is 0 Å². The lowest BCUT2D eigenvalue weighted by Crippen LogP contribution is -2.57. The Morgan fingerprint density at radius 3 is 2.26 bits per heavy atom. The summed E-state index contributed by atoms with van der Waals surface area (Å²) in [5, 5.41) is 2.30. The quantitative estimate of drug-likeness (QED) is 0.706. The van der Waals surface area contributed by atoms with Crippen molar-refractivity contribution in [2.45, 2.75) is 57.4 Å². The van der Waals surface area contributed by atoms with Crippen molar-refractivity contribution >= 4 is 28.3 Å². The fraction of sp³-hybridized carbons (Fsp3) is 0.556. The molecular weight excluding hydrogens is 384 g/mol. The Bertz CT molecular complexity index is 1010. The fourth-order valence-corrected chi connectivity index (χ4v) is 7.68. The SMILES string of the molecule is CN(C(=O)C1CCCN1C(=O)C12CC3CC(CC(C3)C1)C2)c1ccc2ccccc2c1. The molecule has 4 nitrogen and oxygen atoms in total. The predicted octanol–water partition coefficient (Wildman–Crippen LogP) is 5.01. The van der Waals surface area contributed by atoms with Gasteiger partial charge in [0.1, 0.15) is 6.04 Å². The Morgan fingerprint density at radius 2 is 1.58 bits per heavy atom. The van der Waals surface area contributed by atoms with Gasteiger partial charge in [-0.05, 0) is 92.0 Å². The summed E-state index contributed by atoms with van der Waals surface area (Å²) in [6.07, 6.45) is 8.91. The molecule has 31 heavy (non-hydrogen) atoms. The zero-order valence-corrected chi connectivity index (χ0v) is 18.4. The van der Waals surface area contributed by atoms with Gasteiger partial charge in [0.15, 0.2) is 0 Å². The smallest absolute Gasteiger partial charge is 0.249 e. The van der Waals surface area contributed by atoms with Crippen LogP contribution in [0, 0.1) is 23.2 Å². The lowest BCUT2D eigenvalue weighted by atomic mass is 9.49. The van der Waals surface area contributed by atoms with E-state index in [9.17, 15) is 9.59 Å². The number of fused-ring (bicyclic) bond motifs is 1. The number of hydrogen-bond acceptors (Lipinski definition) is 2. The monoisotopic (exact) mass is 416 g/mol. The number of nitrogens with zero attached hydrogens (tertiary/aromatic N) is 2. The minimum absolute atomic E-state index is 0.0610. The molecule has 4 aliphatic carbocycles. The van der Waals surface area contributed by atoms with Crippen molar-refractivity contribution in [3.63, 3.8) is 0 Å². The van der Waals surface area contributed by atoms with E-state index in [2.05, 4.69) is 24.3 Å². The Hall–Kier alpha value is -2.36.